The normalized spacial score (nSPS) is 11.9. The van der Waals surface area contributed by atoms with Crippen molar-refractivity contribution in [3.8, 4) is 0 Å². The highest BCUT2D eigenvalue weighted by Crippen LogP contribution is 2.23. The molecule has 1 atom stereocenters. The van der Waals surface area contributed by atoms with Crippen LogP contribution in [0.1, 0.15) is 29.8 Å². The maximum absolute atomic E-state index is 12.2. The molecule has 0 saturated heterocycles. The van der Waals surface area contributed by atoms with Gasteiger partial charge in [-0.2, -0.15) is 0 Å². The van der Waals surface area contributed by atoms with Crippen LogP contribution in [0, 0.1) is 0 Å². The number of carbonyl (C=O) groups excluding carboxylic acids is 3. The summed E-state index contributed by atoms with van der Waals surface area (Å²) in [6, 6.07) is 11.4. The van der Waals surface area contributed by atoms with Crippen LogP contribution in [-0.4, -0.2) is 23.8 Å². The number of esters is 1. The van der Waals surface area contributed by atoms with Crippen molar-refractivity contribution in [2.45, 2.75) is 20.0 Å². The Morgan fingerprint density at radius 3 is 2.48 bits per heavy atom. The molecule has 0 aromatic heterocycles. The van der Waals surface area contributed by atoms with Gasteiger partial charge in [-0.05, 0) is 49.8 Å². The van der Waals surface area contributed by atoms with E-state index in [0.29, 0.717) is 26.9 Å². The third kappa shape index (κ3) is 6.24. The van der Waals surface area contributed by atoms with Gasteiger partial charge in [0.05, 0.1) is 10.0 Å². The largest absolute Gasteiger partial charge is 0.449 e. The van der Waals surface area contributed by atoms with Crippen LogP contribution < -0.4 is 5.32 Å². The number of amides is 1. The highest BCUT2D eigenvalue weighted by atomic mass is 35.5. The maximum Gasteiger partial charge on any atom is 0.331 e. The predicted molar refractivity (Wildman–Crippen MR) is 106 cm³/mol. The number of nitrogens with one attached hydrogen (secondary N) is 1. The minimum absolute atomic E-state index is 0.113. The van der Waals surface area contributed by atoms with Gasteiger partial charge in [-0.3, -0.25) is 9.59 Å². The topological polar surface area (TPSA) is 72.5 Å². The van der Waals surface area contributed by atoms with Crippen molar-refractivity contribution in [1.82, 2.24) is 0 Å². The first kappa shape index (κ1) is 20.7. The van der Waals surface area contributed by atoms with Crippen molar-refractivity contribution >= 4 is 52.6 Å². The second-order valence-corrected chi connectivity index (χ2v) is 6.53. The first-order chi connectivity index (χ1) is 12.8. The number of hydrogen-bond donors (Lipinski definition) is 1. The second kappa shape index (κ2) is 9.35. The van der Waals surface area contributed by atoms with Crippen LogP contribution in [0.4, 0.5) is 5.69 Å². The van der Waals surface area contributed by atoms with Gasteiger partial charge in [-0.25, -0.2) is 4.79 Å². The lowest BCUT2D eigenvalue weighted by Crippen LogP contribution is -2.29. The van der Waals surface area contributed by atoms with Gasteiger partial charge in [0, 0.05) is 17.3 Å². The Morgan fingerprint density at radius 1 is 1.07 bits per heavy atom. The molecule has 0 unspecified atom stereocenters. The second-order valence-electron chi connectivity index (χ2n) is 5.71. The Hall–Kier alpha value is -2.63. The zero-order chi connectivity index (χ0) is 20.0. The van der Waals surface area contributed by atoms with Gasteiger partial charge < -0.3 is 10.1 Å². The van der Waals surface area contributed by atoms with Gasteiger partial charge in [0.2, 0.25) is 0 Å². The van der Waals surface area contributed by atoms with E-state index >= 15 is 0 Å². The first-order valence-electron chi connectivity index (χ1n) is 8.02. The average molecular weight is 406 g/mol. The van der Waals surface area contributed by atoms with Crippen molar-refractivity contribution in [3.05, 3.63) is 69.7 Å². The minimum atomic E-state index is -1.02. The lowest BCUT2D eigenvalue weighted by atomic mass is 10.1. The molecule has 2 aromatic carbocycles. The van der Waals surface area contributed by atoms with E-state index in [0.717, 1.165) is 0 Å². The van der Waals surface area contributed by atoms with Crippen LogP contribution in [0.25, 0.3) is 6.08 Å². The number of hydrogen-bond acceptors (Lipinski definition) is 4. The maximum atomic E-state index is 12.2. The van der Waals surface area contributed by atoms with E-state index in [1.165, 1.54) is 26.0 Å². The summed E-state index contributed by atoms with van der Waals surface area (Å²) in [6.07, 6.45) is 1.68. The fourth-order valence-corrected chi connectivity index (χ4v) is 2.41. The molecule has 0 radical (unpaired) electrons. The number of ether oxygens (including phenoxy) is 1. The molecule has 7 heteroatoms. The minimum Gasteiger partial charge on any atom is -0.449 e. The smallest absolute Gasteiger partial charge is 0.331 e. The zero-order valence-electron chi connectivity index (χ0n) is 14.7. The quantitative estimate of drug-likeness (QED) is 0.426. The summed E-state index contributed by atoms with van der Waals surface area (Å²) in [5.41, 5.74) is 1.59. The van der Waals surface area contributed by atoms with E-state index in [4.69, 9.17) is 27.9 Å². The fraction of sp³-hybridized carbons (Fsp3) is 0.150. The molecule has 27 heavy (non-hydrogen) atoms. The van der Waals surface area contributed by atoms with Crippen molar-refractivity contribution in [2.24, 2.45) is 0 Å². The Balaban J connectivity index is 1.94. The molecule has 0 bridgehead atoms. The summed E-state index contributed by atoms with van der Waals surface area (Å²) in [4.78, 5) is 35.4. The van der Waals surface area contributed by atoms with Crippen LogP contribution in [-0.2, 0) is 14.3 Å². The lowest BCUT2D eigenvalue weighted by Gasteiger charge is -2.12. The molecular formula is C20H17Cl2NO4. The molecule has 0 heterocycles. The molecule has 0 saturated carbocycles. The molecule has 2 aromatic rings. The Kier molecular flexibility index (Phi) is 7.16. The Morgan fingerprint density at radius 2 is 1.81 bits per heavy atom. The predicted octanol–water partition coefficient (Wildman–Crippen LogP) is 4.78. The van der Waals surface area contributed by atoms with Crippen LogP contribution in [0.5, 0.6) is 0 Å². The SMILES string of the molecule is CC(=O)c1cccc(NC(=O)[C@H](C)OC(=O)/C=C/c2ccc(Cl)c(Cl)c2)c1. The summed E-state index contributed by atoms with van der Waals surface area (Å²) in [5, 5.41) is 3.39. The van der Waals surface area contributed by atoms with Crippen LogP contribution >= 0.6 is 23.2 Å². The first-order valence-corrected chi connectivity index (χ1v) is 8.77. The molecular weight excluding hydrogens is 389 g/mol. The monoisotopic (exact) mass is 405 g/mol. The summed E-state index contributed by atoms with van der Waals surface area (Å²) >= 11 is 11.7. The summed E-state index contributed by atoms with van der Waals surface area (Å²) in [7, 11) is 0. The third-order valence-electron chi connectivity index (χ3n) is 3.55. The molecule has 1 N–H and O–H groups in total. The lowest BCUT2D eigenvalue weighted by molar-refractivity contribution is -0.148. The number of halogens is 2. The van der Waals surface area contributed by atoms with E-state index in [9.17, 15) is 14.4 Å². The molecule has 0 aliphatic carbocycles. The average Bonchev–Trinajstić information content (AvgIpc) is 2.62. The number of anilines is 1. The number of carbonyl (C=O) groups is 3. The highest BCUT2D eigenvalue weighted by Gasteiger charge is 2.17. The summed E-state index contributed by atoms with van der Waals surface area (Å²) in [6.45, 7) is 2.89. The third-order valence-corrected chi connectivity index (χ3v) is 4.29. The van der Waals surface area contributed by atoms with E-state index in [-0.39, 0.29) is 5.78 Å². The Bertz CT molecular complexity index is 909. The molecule has 0 spiro atoms. The molecule has 2 rings (SSSR count). The standard InChI is InChI=1S/C20H17Cl2NO4/c1-12(24)15-4-3-5-16(11-15)23-20(26)13(2)27-19(25)9-7-14-6-8-17(21)18(22)10-14/h3-11,13H,1-2H3,(H,23,26)/b9-7+/t13-/m0/s1. The van der Waals surface area contributed by atoms with Gasteiger partial charge >= 0.3 is 5.97 Å². The number of benzene rings is 2. The number of ketones is 1. The number of Topliss-reactive ketones (excluding diaryl/α,β-unsaturated/α-hetero) is 1. The molecule has 5 nitrogen and oxygen atoms in total. The molecule has 0 fully saturated rings. The molecule has 0 aliphatic heterocycles. The van der Waals surface area contributed by atoms with Gasteiger partial charge in [-0.1, -0.05) is 41.4 Å². The van der Waals surface area contributed by atoms with Crippen molar-refractivity contribution in [2.75, 3.05) is 5.32 Å². The van der Waals surface area contributed by atoms with Crippen molar-refractivity contribution in [3.63, 3.8) is 0 Å². The van der Waals surface area contributed by atoms with Crippen LogP contribution in [0.15, 0.2) is 48.5 Å². The zero-order valence-corrected chi connectivity index (χ0v) is 16.2. The van der Waals surface area contributed by atoms with E-state index in [1.807, 2.05) is 0 Å². The van der Waals surface area contributed by atoms with Crippen molar-refractivity contribution < 1.29 is 19.1 Å². The molecule has 140 valence electrons. The van der Waals surface area contributed by atoms with Gasteiger partial charge in [0.1, 0.15) is 0 Å². The van der Waals surface area contributed by atoms with Gasteiger partial charge in [0.15, 0.2) is 11.9 Å². The molecule has 0 aliphatic rings. The van der Waals surface area contributed by atoms with E-state index in [1.54, 1.807) is 42.5 Å². The van der Waals surface area contributed by atoms with Gasteiger partial charge in [-0.15, -0.1) is 0 Å². The van der Waals surface area contributed by atoms with Gasteiger partial charge in [0.25, 0.3) is 5.91 Å². The number of rotatable bonds is 6. The molecule has 1 amide bonds. The van der Waals surface area contributed by atoms with Crippen LogP contribution in [0.3, 0.4) is 0 Å². The van der Waals surface area contributed by atoms with Crippen LogP contribution in [0.2, 0.25) is 10.0 Å². The van der Waals surface area contributed by atoms with Crippen molar-refractivity contribution in [1.29, 1.82) is 0 Å². The summed E-state index contributed by atoms with van der Waals surface area (Å²) < 4.78 is 5.07. The fourth-order valence-electron chi connectivity index (χ4n) is 2.11. The Labute approximate surface area is 166 Å². The van der Waals surface area contributed by atoms with E-state index in [2.05, 4.69) is 5.32 Å². The van der Waals surface area contributed by atoms with E-state index < -0.39 is 18.0 Å². The highest BCUT2D eigenvalue weighted by molar-refractivity contribution is 6.42. The summed E-state index contributed by atoms with van der Waals surface area (Å²) in [5.74, 6) is -1.30.